The van der Waals surface area contributed by atoms with Crippen molar-refractivity contribution in [1.82, 2.24) is 19.9 Å². The second-order valence-electron chi connectivity index (χ2n) is 9.65. The molecule has 1 N–H and O–H groups in total. The molecule has 1 amide bonds. The van der Waals surface area contributed by atoms with Crippen LogP contribution in [0.15, 0.2) is 24.3 Å². The van der Waals surface area contributed by atoms with Gasteiger partial charge in [-0.1, -0.05) is 18.6 Å². The number of carboxylic acids is 1. The third kappa shape index (κ3) is 7.67. The van der Waals surface area contributed by atoms with E-state index in [0.717, 1.165) is 31.2 Å². The maximum Gasteiger partial charge on any atom is 0.410 e. The summed E-state index contributed by atoms with van der Waals surface area (Å²) in [4.78, 5) is 25.5. The van der Waals surface area contributed by atoms with E-state index >= 15 is 0 Å². The van der Waals surface area contributed by atoms with Crippen molar-refractivity contribution in [1.29, 1.82) is 0 Å². The Morgan fingerprint density at radius 3 is 2.50 bits per heavy atom. The first-order valence-corrected chi connectivity index (χ1v) is 13.4. The number of aliphatic carboxylic acids is 1. The first-order valence-electron chi connectivity index (χ1n) is 12.1. The first-order chi connectivity index (χ1) is 17.1. The van der Waals surface area contributed by atoms with Crippen LogP contribution in [0.2, 0.25) is 0 Å². The zero-order chi connectivity index (χ0) is 26.9. The van der Waals surface area contributed by atoms with Crippen molar-refractivity contribution in [2.45, 2.75) is 77.5 Å². The van der Waals surface area contributed by atoms with E-state index in [4.69, 9.17) is 9.47 Å². The van der Waals surface area contributed by atoms with Gasteiger partial charge in [0, 0.05) is 47.6 Å². The van der Waals surface area contributed by atoms with E-state index in [1.807, 2.05) is 38.1 Å². The average molecular weight is 537 g/mol. The van der Waals surface area contributed by atoms with Crippen LogP contribution in [-0.2, 0) is 45.6 Å². The third-order valence-electron chi connectivity index (χ3n) is 6.72. The second kappa shape index (κ2) is 13.6. The van der Waals surface area contributed by atoms with Gasteiger partial charge in [-0.3, -0.25) is 4.79 Å². The van der Waals surface area contributed by atoms with Gasteiger partial charge >= 0.3 is 12.1 Å². The molecule has 1 aromatic carbocycles. The lowest BCUT2D eigenvalue weighted by Gasteiger charge is -2.34. The summed E-state index contributed by atoms with van der Waals surface area (Å²) >= 11 is 7.33. The Bertz CT molecular complexity index is 1010. The molecule has 1 saturated carbocycles. The number of nitrogens with zero attached hydrogens (tertiary/aromatic N) is 4. The SMILES string of the molecule is CCCC(C)(C)N(C)C(=O)OCc1c(-c2ccc(O[C@H]3CCC[C@H](C(=O)O)C3)cc2)nnn1C.S=S. The smallest absolute Gasteiger partial charge is 0.410 e. The van der Waals surface area contributed by atoms with E-state index < -0.39 is 5.97 Å². The van der Waals surface area contributed by atoms with Crippen molar-refractivity contribution in [3.05, 3.63) is 30.0 Å². The Morgan fingerprint density at radius 2 is 1.89 bits per heavy atom. The molecule has 9 nitrogen and oxygen atoms in total. The summed E-state index contributed by atoms with van der Waals surface area (Å²) < 4.78 is 13.2. The highest BCUT2D eigenvalue weighted by atomic mass is 32.8. The Kier molecular flexibility index (Phi) is 11.2. The summed E-state index contributed by atoms with van der Waals surface area (Å²) in [6.45, 7) is 6.19. The van der Waals surface area contributed by atoms with Crippen molar-refractivity contribution in [2.24, 2.45) is 13.0 Å². The number of aromatic nitrogens is 3. The van der Waals surface area contributed by atoms with Crippen molar-refractivity contribution < 1.29 is 24.2 Å². The van der Waals surface area contributed by atoms with Crippen LogP contribution in [-0.4, -0.2) is 55.8 Å². The Hall–Kier alpha value is -2.66. The van der Waals surface area contributed by atoms with Gasteiger partial charge in [-0.05, 0) is 70.2 Å². The second-order valence-corrected chi connectivity index (χ2v) is 9.65. The summed E-state index contributed by atoms with van der Waals surface area (Å²) in [7, 11) is 3.52. The third-order valence-corrected chi connectivity index (χ3v) is 6.72. The van der Waals surface area contributed by atoms with Crippen molar-refractivity contribution in [3.8, 4) is 17.0 Å². The van der Waals surface area contributed by atoms with Crippen LogP contribution in [0.5, 0.6) is 5.75 Å². The van der Waals surface area contributed by atoms with Crippen LogP contribution >= 0.6 is 0 Å². The zero-order valence-electron chi connectivity index (χ0n) is 21.6. The minimum Gasteiger partial charge on any atom is -0.490 e. The summed E-state index contributed by atoms with van der Waals surface area (Å²) in [5.74, 6) is -0.398. The van der Waals surface area contributed by atoms with Gasteiger partial charge in [-0.15, -0.1) is 5.10 Å². The largest absolute Gasteiger partial charge is 0.490 e. The van der Waals surface area contributed by atoms with E-state index in [1.165, 1.54) is 0 Å². The molecule has 1 aromatic heterocycles. The molecule has 1 heterocycles. The Morgan fingerprint density at radius 1 is 1.22 bits per heavy atom. The van der Waals surface area contributed by atoms with Crippen LogP contribution in [0.4, 0.5) is 4.79 Å². The number of hydrogen-bond donors (Lipinski definition) is 1. The van der Waals surface area contributed by atoms with Crippen molar-refractivity contribution in [3.63, 3.8) is 0 Å². The predicted molar refractivity (Wildman–Crippen MR) is 142 cm³/mol. The number of ether oxygens (including phenoxy) is 2. The fourth-order valence-corrected chi connectivity index (χ4v) is 4.38. The normalized spacial score (nSPS) is 17.5. The van der Waals surface area contributed by atoms with Crippen LogP contribution in [0, 0.1) is 5.92 Å². The number of aryl methyl sites for hydroxylation is 1. The summed E-state index contributed by atoms with van der Waals surface area (Å²) in [5.41, 5.74) is 1.87. The fraction of sp³-hybridized carbons (Fsp3) is 0.600. The molecule has 11 heteroatoms. The van der Waals surface area contributed by atoms with Crippen LogP contribution in [0.3, 0.4) is 0 Å². The lowest BCUT2D eigenvalue weighted by molar-refractivity contribution is -0.143. The van der Waals surface area contributed by atoms with E-state index in [-0.39, 0.29) is 30.3 Å². The minimum atomic E-state index is -0.750. The summed E-state index contributed by atoms with van der Waals surface area (Å²) in [5, 5.41) is 17.7. The molecule has 0 aliphatic heterocycles. The van der Waals surface area contributed by atoms with E-state index in [2.05, 4.69) is 39.6 Å². The number of carbonyl (C=O) groups is 2. The maximum atomic E-state index is 12.6. The lowest BCUT2D eigenvalue weighted by Crippen LogP contribution is -2.45. The molecule has 198 valence electrons. The molecule has 0 bridgehead atoms. The number of hydrogen-bond acceptors (Lipinski definition) is 8. The van der Waals surface area contributed by atoms with Gasteiger partial charge in [0.25, 0.3) is 0 Å². The van der Waals surface area contributed by atoms with Crippen LogP contribution in [0.1, 0.15) is 65.0 Å². The molecule has 1 aliphatic carbocycles. The number of carbonyl (C=O) groups excluding carboxylic acids is 1. The highest BCUT2D eigenvalue weighted by Crippen LogP contribution is 2.30. The lowest BCUT2D eigenvalue weighted by atomic mass is 9.87. The molecule has 0 spiro atoms. The van der Waals surface area contributed by atoms with Gasteiger partial charge < -0.3 is 19.5 Å². The van der Waals surface area contributed by atoms with Gasteiger partial charge in [0.2, 0.25) is 0 Å². The molecule has 0 radical (unpaired) electrons. The topological polar surface area (TPSA) is 107 Å². The molecule has 3 rings (SSSR count). The van der Waals surface area contributed by atoms with E-state index in [1.54, 1.807) is 23.7 Å². The maximum absolute atomic E-state index is 12.6. The number of rotatable bonds is 9. The van der Waals surface area contributed by atoms with E-state index in [0.29, 0.717) is 30.0 Å². The van der Waals surface area contributed by atoms with Crippen molar-refractivity contribution in [2.75, 3.05) is 7.05 Å². The molecule has 2 atom stereocenters. The quantitative estimate of drug-likeness (QED) is 0.490. The van der Waals surface area contributed by atoms with Gasteiger partial charge in [0.15, 0.2) is 0 Å². The van der Waals surface area contributed by atoms with Gasteiger partial charge in [0.05, 0.1) is 12.0 Å². The molecule has 0 saturated heterocycles. The number of carboxylic acid groups (broad SMARTS) is 1. The average Bonchev–Trinajstić information content (AvgIpc) is 3.24. The van der Waals surface area contributed by atoms with Crippen molar-refractivity contribution >= 4 is 34.4 Å². The molecular formula is C25H36N4O5S2. The molecule has 1 aliphatic rings. The highest BCUT2D eigenvalue weighted by molar-refractivity contribution is 8.07. The fourth-order valence-electron chi connectivity index (χ4n) is 4.38. The van der Waals surface area contributed by atoms with E-state index in [9.17, 15) is 14.7 Å². The van der Waals surface area contributed by atoms with Gasteiger partial charge in [-0.2, -0.15) is 0 Å². The highest BCUT2D eigenvalue weighted by Gasteiger charge is 2.29. The summed E-state index contributed by atoms with van der Waals surface area (Å²) in [6.07, 6.45) is 4.31. The predicted octanol–water partition coefficient (Wildman–Crippen LogP) is 4.65. The molecule has 0 unspecified atom stereocenters. The molecule has 2 aromatic rings. The molecule has 1 fully saturated rings. The van der Waals surface area contributed by atoms with Gasteiger partial charge in [-0.25, -0.2) is 9.48 Å². The Balaban J connectivity index is 0.00000222. The Labute approximate surface area is 222 Å². The van der Waals surface area contributed by atoms with Gasteiger partial charge in [0.1, 0.15) is 23.7 Å². The van der Waals surface area contributed by atoms with Crippen LogP contribution in [0.25, 0.3) is 11.3 Å². The summed E-state index contributed by atoms with van der Waals surface area (Å²) in [6, 6.07) is 7.48. The zero-order valence-corrected chi connectivity index (χ0v) is 23.2. The monoisotopic (exact) mass is 536 g/mol. The minimum absolute atomic E-state index is 0.0567. The molecule has 36 heavy (non-hydrogen) atoms. The van der Waals surface area contributed by atoms with Crippen LogP contribution < -0.4 is 4.74 Å². The molecular weight excluding hydrogens is 500 g/mol. The standard InChI is InChI=1S/C25H36N4O5.S2/c1-6-14-25(2,3)28(4)24(32)33-16-21-22(26-27-29(21)5)17-10-12-19(13-11-17)34-20-9-7-8-18(15-20)23(30)31;1-2/h10-13,18,20H,6-9,14-16H2,1-5H3,(H,30,31);/t18-,20-;/m0./s1. The number of benzene rings is 1. The number of amides is 1. The first kappa shape index (κ1) is 29.6.